The zero-order chi connectivity index (χ0) is 19.0. The van der Waals surface area contributed by atoms with E-state index in [1.54, 1.807) is 0 Å². The van der Waals surface area contributed by atoms with Gasteiger partial charge in [-0.3, -0.25) is 9.56 Å². The zero-order valence-corrected chi connectivity index (χ0v) is 16.7. The number of halogens is 2. The maximum atomic E-state index is 6.64. The van der Waals surface area contributed by atoms with Crippen molar-refractivity contribution >= 4 is 28.9 Å². The number of aromatic nitrogens is 3. The number of aliphatic imine (C=N–C) groups is 1. The van der Waals surface area contributed by atoms with E-state index in [1.807, 2.05) is 56.6 Å². The molecular weight excluding hydrogens is 381 g/mol. The molecule has 1 aromatic heterocycles. The van der Waals surface area contributed by atoms with E-state index in [1.165, 1.54) is 0 Å². The van der Waals surface area contributed by atoms with Crippen molar-refractivity contribution in [2.24, 2.45) is 4.99 Å². The Labute approximate surface area is 168 Å². The monoisotopic (exact) mass is 399 g/mol. The van der Waals surface area contributed by atoms with Crippen LogP contribution in [0.2, 0.25) is 10.0 Å². The van der Waals surface area contributed by atoms with Crippen LogP contribution in [0.25, 0.3) is 5.69 Å². The molecule has 3 aromatic rings. The first kappa shape index (κ1) is 18.2. The van der Waals surface area contributed by atoms with Crippen LogP contribution in [0.5, 0.6) is 0 Å². The molecule has 0 saturated carbocycles. The van der Waals surface area contributed by atoms with Gasteiger partial charge in [-0.1, -0.05) is 47.5 Å². The number of rotatable bonds is 4. The van der Waals surface area contributed by atoms with E-state index in [4.69, 9.17) is 28.2 Å². The third-order valence-corrected chi connectivity index (χ3v) is 5.20. The molecule has 0 radical (unpaired) electrons. The summed E-state index contributed by atoms with van der Waals surface area (Å²) in [4.78, 5) is 6.95. The Morgan fingerprint density at radius 3 is 2.56 bits per heavy atom. The topological polar surface area (TPSA) is 46.3 Å². The number of nitrogens with zero attached hydrogens (tertiary/aromatic N) is 5. The Bertz CT molecular complexity index is 1020. The normalized spacial score (nSPS) is 13.1. The maximum absolute atomic E-state index is 6.64. The second-order valence-electron chi connectivity index (χ2n) is 6.70. The quantitative estimate of drug-likeness (QED) is 0.665. The van der Waals surface area contributed by atoms with Crippen molar-refractivity contribution in [2.45, 2.75) is 13.0 Å². The van der Waals surface area contributed by atoms with Gasteiger partial charge in [-0.05, 0) is 32.3 Å². The minimum absolute atomic E-state index is 0.417. The highest BCUT2D eigenvalue weighted by Crippen LogP contribution is 2.32. The molecule has 0 amide bonds. The van der Waals surface area contributed by atoms with Crippen LogP contribution in [0, 0.1) is 0 Å². The van der Waals surface area contributed by atoms with Gasteiger partial charge in [0.2, 0.25) is 0 Å². The molecule has 0 bridgehead atoms. The summed E-state index contributed by atoms with van der Waals surface area (Å²) in [6, 6.07) is 13.5. The van der Waals surface area contributed by atoms with Gasteiger partial charge in [-0.2, -0.15) is 0 Å². The molecular formula is C20H19Cl2N5. The Morgan fingerprint density at radius 1 is 1.00 bits per heavy atom. The third-order valence-electron chi connectivity index (χ3n) is 4.56. The number of hydrogen-bond acceptors (Lipinski definition) is 4. The van der Waals surface area contributed by atoms with Crippen LogP contribution in [0.3, 0.4) is 0 Å². The maximum Gasteiger partial charge on any atom is 0.159 e. The van der Waals surface area contributed by atoms with Crippen LogP contribution in [0.15, 0.2) is 47.5 Å². The molecule has 27 heavy (non-hydrogen) atoms. The van der Waals surface area contributed by atoms with Crippen LogP contribution in [0.1, 0.15) is 22.8 Å². The average molecular weight is 400 g/mol. The highest BCUT2D eigenvalue weighted by Gasteiger charge is 2.25. The van der Waals surface area contributed by atoms with Crippen molar-refractivity contribution in [3.05, 3.63) is 75.3 Å². The summed E-state index contributed by atoms with van der Waals surface area (Å²) in [5, 5.41) is 10.1. The van der Waals surface area contributed by atoms with Gasteiger partial charge in [-0.15, -0.1) is 10.2 Å². The lowest BCUT2D eigenvalue weighted by molar-refractivity contribution is 0.408. The van der Waals surface area contributed by atoms with Gasteiger partial charge < -0.3 is 4.90 Å². The first-order valence-corrected chi connectivity index (χ1v) is 9.48. The predicted octanol–water partition coefficient (Wildman–Crippen LogP) is 4.03. The predicted molar refractivity (Wildman–Crippen MR) is 109 cm³/mol. The van der Waals surface area contributed by atoms with E-state index >= 15 is 0 Å². The molecule has 0 fully saturated rings. The molecule has 0 saturated heterocycles. The van der Waals surface area contributed by atoms with Crippen LogP contribution < -0.4 is 0 Å². The fraction of sp³-hybridized carbons (Fsp3) is 0.250. The van der Waals surface area contributed by atoms with Gasteiger partial charge in [0.25, 0.3) is 0 Å². The first-order chi connectivity index (χ1) is 13.1. The summed E-state index contributed by atoms with van der Waals surface area (Å²) in [6.45, 7) is 1.30. The molecule has 4 rings (SSSR count). The fourth-order valence-electron chi connectivity index (χ4n) is 3.26. The van der Waals surface area contributed by atoms with Crippen molar-refractivity contribution in [1.29, 1.82) is 0 Å². The summed E-state index contributed by atoms with van der Waals surface area (Å²) < 4.78 is 2.08. The second kappa shape index (κ2) is 7.43. The van der Waals surface area contributed by atoms with E-state index in [2.05, 4.69) is 19.7 Å². The molecule has 1 aliphatic rings. The highest BCUT2D eigenvalue weighted by molar-refractivity contribution is 6.39. The summed E-state index contributed by atoms with van der Waals surface area (Å²) >= 11 is 13.1. The molecule has 1 aliphatic heterocycles. The summed E-state index contributed by atoms with van der Waals surface area (Å²) in [5.74, 6) is 1.70. The minimum atomic E-state index is 0.417. The van der Waals surface area contributed by atoms with Crippen LogP contribution in [0.4, 0.5) is 0 Å². The Kier molecular flexibility index (Phi) is 5.00. The van der Waals surface area contributed by atoms with Crippen molar-refractivity contribution in [2.75, 3.05) is 20.6 Å². The summed E-state index contributed by atoms with van der Waals surface area (Å²) in [5.41, 5.74) is 3.44. The van der Waals surface area contributed by atoms with Gasteiger partial charge in [0, 0.05) is 29.1 Å². The molecule has 0 aliphatic carbocycles. The molecule has 0 unspecified atom stereocenters. The smallest absolute Gasteiger partial charge is 0.159 e. The molecule has 0 atom stereocenters. The van der Waals surface area contributed by atoms with E-state index in [0.717, 1.165) is 47.1 Å². The van der Waals surface area contributed by atoms with E-state index in [9.17, 15) is 0 Å². The molecule has 2 heterocycles. The Morgan fingerprint density at radius 2 is 1.78 bits per heavy atom. The minimum Gasteiger partial charge on any atom is -0.309 e. The van der Waals surface area contributed by atoms with Gasteiger partial charge in [0.1, 0.15) is 12.4 Å². The lowest BCUT2D eigenvalue weighted by Crippen LogP contribution is -2.18. The molecule has 5 nitrogen and oxygen atoms in total. The van der Waals surface area contributed by atoms with Crippen molar-refractivity contribution in [3.8, 4) is 5.69 Å². The van der Waals surface area contributed by atoms with Crippen molar-refractivity contribution in [1.82, 2.24) is 19.7 Å². The van der Waals surface area contributed by atoms with Crippen molar-refractivity contribution < 1.29 is 0 Å². The molecule has 2 aromatic carbocycles. The van der Waals surface area contributed by atoms with Crippen molar-refractivity contribution in [3.63, 3.8) is 0 Å². The largest absolute Gasteiger partial charge is 0.309 e. The highest BCUT2D eigenvalue weighted by atomic mass is 35.5. The van der Waals surface area contributed by atoms with Gasteiger partial charge in [-0.25, -0.2) is 0 Å². The van der Waals surface area contributed by atoms with E-state index in [0.29, 0.717) is 16.6 Å². The standard InChI is InChI=1S/C20H19Cl2N5/c1-26(2)11-10-17-24-25-18-12-23-20(13-6-3-4-7-14(13)21)19-15(22)8-5-9-16(19)27(17)18/h3-9H,10-12H2,1-2H3. The number of hydrogen-bond donors (Lipinski definition) is 0. The Balaban J connectivity index is 1.91. The van der Waals surface area contributed by atoms with Crippen LogP contribution in [-0.2, 0) is 13.0 Å². The second-order valence-corrected chi connectivity index (χ2v) is 7.51. The van der Waals surface area contributed by atoms with Crippen LogP contribution in [-0.4, -0.2) is 46.0 Å². The first-order valence-electron chi connectivity index (χ1n) is 8.72. The van der Waals surface area contributed by atoms with Gasteiger partial charge in [0.15, 0.2) is 5.82 Å². The van der Waals surface area contributed by atoms with Gasteiger partial charge >= 0.3 is 0 Å². The zero-order valence-electron chi connectivity index (χ0n) is 15.2. The SMILES string of the molecule is CN(C)CCc1nnc2n1-c1cccc(Cl)c1C(c1ccccc1Cl)=NC2. The van der Waals surface area contributed by atoms with Gasteiger partial charge in [0.05, 0.1) is 16.4 Å². The third kappa shape index (κ3) is 3.38. The van der Waals surface area contributed by atoms with E-state index < -0.39 is 0 Å². The molecule has 0 spiro atoms. The number of benzene rings is 2. The average Bonchev–Trinajstić information content (AvgIpc) is 2.97. The lowest BCUT2D eigenvalue weighted by atomic mass is 10.00. The number of fused-ring (bicyclic) bond motifs is 3. The summed E-state index contributed by atoms with van der Waals surface area (Å²) in [7, 11) is 4.09. The molecule has 0 N–H and O–H groups in total. The number of likely N-dealkylation sites (N-methyl/N-ethyl adjacent to an activating group) is 1. The van der Waals surface area contributed by atoms with E-state index in [-0.39, 0.29) is 0 Å². The summed E-state index contributed by atoms with van der Waals surface area (Å²) in [6.07, 6.45) is 0.785. The fourth-order valence-corrected chi connectivity index (χ4v) is 3.74. The molecule has 7 heteroatoms. The Hall–Kier alpha value is -2.21. The molecule has 138 valence electrons. The van der Waals surface area contributed by atoms with Crippen LogP contribution >= 0.6 is 23.2 Å². The lowest BCUT2D eigenvalue weighted by Gasteiger charge is -2.16.